The van der Waals surface area contributed by atoms with Gasteiger partial charge in [0.2, 0.25) is 0 Å². The van der Waals surface area contributed by atoms with Crippen LogP contribution in [0.3, 0.4) is 0 Å². The molecule has 0 heterocycles. The second-order valence-corrected chi connectivity index (χ2v) is 7.34. The Balaban J connectivity index is 1.99. The molecular formula is C25H21NO. The average molecular weight is 351 g/mol. The average Bonchev–Trinajstić information content (AvgIpc) is 2.95. The van der Waals surface area contributed by atoms with Crippen molar-refractivity contribution in [1.29, 1.82) is 5.26 Å². The standard InChI is InChI=1S/C25H21NO/c1-25(2)22-7-5-4-6-21(22)23(18-10-8-17(16-26)9-11-18)24(25)19-12-14-20(27-3)15-13-19/h4-15H,1-3H3. The minimum absolute atomic E-state index is 0.117. The van der Waals surface area contributed by atoms with Crippen LogP contribution in [0.2, 0.25) is 0 Å². The summed E-state index contributed by atoms with van der Waals surface area (Å²) in [6, 6.07) is 27.0. The molecule has 0 unspecified atom stereocenters. The van der Waals surface area contributed by atoms with E-state index in [4.69, 9.17) is 10.00 Å². The molecule has 0 atom stereocenters. The Labute approximate surface area is 160 Å². The molecular weight excluding hydrogens is 330 g/mol. The highest BCUT2D eigenvalue weighted by Gasteiger charge is 2.38. The lowest BCUT2D eigenvalue weighted by molar-refractivity contribution is 0.414. The van der Waals surface area contributed by atoms with Crippen LogP contribution < -0.4 is 4.74 Å². The van der Waals surface area contributed by atoms with Gasteiger partial charge in [0.25, 0.3) is 0 Å². The molecule has 3 aromatic carbocycles. The van der Waals surface area contributed by atoms with Crippen LogP contribution in [0.4, 0.5) is 0 Å². The summed E-state index contributed by atoms with van der Waals surface area (Å²) in [5.41, 5.74) is 8.02. The van der Waals surface area contributed by atoms with Crippen molar-refractivity contribution in [3.63, 3.8) is 0 Å². The topological polar surface area (TPSA) is 33.0 Å². The van der Waals surface area contributed by atoms with Gasteiger partial charge in [-0.2, -0.15) is 5.26 Å². The highest BCUT2D eigenvalue weighted by Crippen LogP contribution is 2.52. The molecule has 0 saturated heterocycles. The van der Waals surface area contributed by atoms with Crippen LogP contribution >= 0.6 is 0 Å². The van der Waals surface area contributed by atoms with Crippen LogP contribution in [-0.4, -0.2) is 7.11 Å². The van der Waals surface area contributed by atoms with E-state index in [2.05, 4.69) is 68.4 Å². The van der Waals surface area contributed by atoms with Crippen LogP contribution in [0.25, 0.3) is 11.1 Å². The molecule has 2 heteroatoms. The Bertz CT molecular complexity index is 1060. The maximum atomic E-state index is 9.14. The molecule has 0 N–H and O–H groups in total. The molecule has 132 valence electrons. The first-order valence-corrected chi connectivity index (χ1v) is 9.06. The second-order valence-electron chi connectivity index (χ2n) is 7.34. The third-order valence-corrected chi connectivity index (χ3v) is 5.43. The van der Waals surface area contributed by atoms with E-state index in [1.165, 1.54) is 27.8 Å². The van der Waals surface area contributed by atoms with Gasteiger partial charge in [-0.25, -0.2) is 0 Å². The third kappa shape index (κ3) is 2.73. The molecule has 0 spiro atoms. The predicted molar refractivity (Wildman–Crippen MR) is 110 cm³/mol. The number of fused-ring (bicyclic) bond motifs is 1. The van der Waals surface area contributed by atoms with E-state index >= 15 is 0 Å². The molecule has 27 heavy (non-hydrogen) atoms. The van der Waals surface area contributed by atoms with Crippen molar-refractivity contribution >= 4 is 11.1 Å². The summed E-state index contributed by atoms with van der Waals surface area (Å²) in [6.07, 6.45) is 0. The van der Waals surface area contributed by atoms with E-state index in [-0.39, 0.29) is 5.41 Å². The SMILES string of the molecule is COc1ccc(C2=C(c3ccc(C#N)cc3)c3ccccc3C2(C)C)cc1. The van der Waals surface area contributed by atoms with Crippen molar-refractivity contribution in [2.45, 2.75) is 19.3 Å². The minimum atomic E-state index is -0.117. The van der Waals surface area contributed by atoms with E-state index in [1.807, 2.05) is 24.3 Å². The lowest BCUT2D eigenvalue weighted by Crippen LogP contribution is -2.16. The summed E-state index contributed by atoms with van der Waals surface area (Å²) in [6.45, 7) is 4.56. The largest absolute Gasteiger partial charge is 0.497 e. The zero-order chi connectivity index (χ0) is 19.0. The van der Waals surface area contributed by atoms with Gasteiger partial charge < -0.3 is 4.74 Å². The number of hydrogen-bond donors (Lipinski definition) is 0. The number of benzene rings is 3. The summed E-state index contributed by atoms with van der Waals surface area (Å²) in [4.78, 5) is 0. The van der Waals surface area contributed by atoms with Crippen molar-refractivity contribution in [3.05, 3.63) is 101 Å². The van der Waals surface area contributed by atoms with E-state index in [0.717, 1.165) is 11.3 Å². The van der Waals surface area contributed by atoms with E-state index in [1.54, 1.807) is 7.11 Å². The van der Waals surface area contributed by atoms with Gasteiger partial charge in [-0.15, -0.1) is 0 Å². The van der Waals surface area contributed by atoms with Crippen molar-refractivity contribution in [3.8, 4) is 11.8 Å². The van der Waals surface area contributed by atoms with Crippen LogP contribution in [0.15, 0.2) is 72.8 Å². The van der Waals surface area contributed by atoms with Gasteiger partial charge in [-0.3, -0.25) is 0 Å². The molecule has 3 aromatic rings. The fourth-order valence-corrected chi connectivity index (χ4v) is 4.10. The Hall–Kier alpha value is -3.31. The highest BCUT2D eigenvalue weighted by molar-refractivity contribution is 6.07. The van der Waals surface area contributed by atoms with Crippen molar-refractivity contribution in [1.82, 2.24) is 0 Å². The molecule has 0 fully saturated rings. The van der Waals surface area contributed by atoms with E-state index < -0.39 is 0 Å². The Morgan fingerprint density at radius 3 is 2.07 bits per heavy atom. The quantitative estimate of drug-likeness (QED) is 0.596. The first-order valence-electron chi connectivity index (χ1n) is 9.06. The van der Waals surface area contributed by atoms with Crippen LogP contribution in [0.1, 0.15) is 41.7 Å². The minimum Gasteiger partial charge on any atom is -0.497 e. The van der Waals surface area contributed by atoms with Crippen LogP contribution in [0.5, 0.6) is 5.75 Å². The summed E-state index contributed by atoms with van der Waals surface area (Å²) in [5.74, 6) is 0.854. The smallest absolute Gasteiger partial charge is 0.118 e. The van der Waals surface area contributed by atoms with Gasteiger partial charge in [0, 0.05) is 5.41 Å². The second kappa shape index (κ2) is 6.45. The molecule has 0 saturated carbocycles. The van der Waals surface area contributed by atoms with E-state index in [9.17, 15) is 0 Å². The van der Waals surface area contributed by atoms with Crippen LogP contribution in [-0.2, 0) is 5.41 Å². The van der Waals surface area contributed by atoms with Gasteiger partial charge in [0.05, 0.1) is 18.7 Å². The molecule has 0 amide bonds. The number of hydrogen-bond acceptors (Lipinski definition) is 2. The van der Waals surface area contributed by atoms with Gasteiger partial charge in [-0.05, 0) is 57.7 Å². The fourth-order valence-electron chi connectivity index (χ4n) is 4.10. The van der Waals surface area contributed by atoms with Gasteiger partial charge in [0.15, 0.2) is 0 Å². The summed E-state index contributed by atoms with van der Waals surface area (Å²) < 4.78 is 5.34. The van der Waals surface area contributed by atoms with Crippen molar-refractivity contribution in [2.24, 2.45) is 0 Å². The number of rotatable bonds is 3. The number of ether oxygens (including phenoxy) is 1. The predicted octanol–water partition coefficient (Wildman–Crippen LogP) is 5.82. The third-order valence-electron chi connectivity index (χ3n) is 5.43. The van der Waals surface area contributed by atoms with Gasteiger partial charge >= 0.3 is 0 Å². The molecule has 0 aromatic heterocycles. The number of nitrogens with zero attached hydrogens (tertiary/aromatic N) is 1. The Morgan fingerprint density at radius 2 is 1.44 bits per heavy atom. The zero-order valence-electron chi connectivity index (χ0n) is 15.8. The molecule has 1 aliphatic carbocycles. The van der Waals surface area contributed by atoms with E-state index in [0.29, 0.717) is 5.56 Å². The summed E-state index contributed by atoms with van der Waals surface area (Å²) in [7, 11) is 1.69. The number of nitriles is 1. The molecule has 0 aliphatic heterocycles. The van der Waals surface area contributed by atoms with Crippen molar-refractivity contribution in [2.75, 3.05) is 7.11 Å². The summed E-state index contributed by atoms with van der Waals surface area (Å²) >= 11 is 0. The number of methoxy groups -OCH3 is 1. The molecule has 1 aliphatic rings. The zero-order valence-corrected chi connectivity index (χ0v) is 15.8. The van der Waals surface area contributed by atoms with Crippen LogP contribution in [0, 0.1) is 11.3 Å². The summed E-state index contributed by atoms with van der Waals surface area (Å²) in [5, 5.41) is 9.14. The molecule has 4 rings (SSSR count). The lowest BCUT2D eigenvalue weighted by atomic mass is 9.78. The van der Waals surface area contributed by atoms with Gasteiger partial charge in [-0.1, -0.05) is 62.4 Å². The fraction of sp³-hybridized carbons (Fsp3) is 0.160. The highest BCUT2D eigenvalue weighted by atomic mass is 16.5. The van der Waals surface area contributed by atoms with Crippen molar-refractivity contribution < 1.29 is 4.74 Å². The molecule has 0 radical (unpaired) electrons. The van der Waals surface area contributed by atoms with Gasteiger partial charge in [0.1, 0.15) is 5.75 Å². The maximum Gasteiger partial charge on any atom is 0.118 e. The Morgan fingerprint density at radius 1 is 0.815 bits per heavy atom. The lowest BCUT2D eigenvalue weighted by Gasteiger charge is -2.25. The number of allylic oxidation sites excluding steroid dienone is 1. The molecule has 0 bridgehead atoms. The maximum absolute atomic E-state index is 9.14. The first-order chi connectivity index (χ1) is 13.1. The molecule has 2 nitrogen and oxygen atoms in total. The first kappa shape index (κ1) is 17.1. The Kier molecular flexibility index (Phi) is 4.09. The normalized spacial score (nSPS) is 14.6. The monoisotopic (exact) mass is 351 g/mol.